The van der Waals surface area contributed by atoms with Crippen molar-refractivity contribution in [2.75, 3.05) is 5.84 Å². The van der Waals surface area contributed by atoms with Gasteiger partial charge in [-0.05, 0) is 64.6 Å². The third-order valence-corrected chi connectivity index (χ3v) is 4.96. The van der Waals surface area contributed by atoms with Gasteiger partial charge in [-0.25, -0.2) is 9.66 Å². The molecule has 0 aliphatic carbocycles. The number of hydrogen-bond acceptors (Lipinski definition) is 3. The van der Waals surface area contributed by atoms with E-state index in [9.17, 15) is 4.79 Å². The van der Waals surface area contributed by atoms with Crippen LogP contribution in [0.25, 0.3) is 27.8 Å². The van der Waals surface area contributed by atoms with Gasteiger partial charge in [0.05, 0.1) is 5.39 Å². The van der Waals surface area contributed by atoms with E-state index in [1.165, 1.54) is 6.33 Å². The molecular weight excluding hydrogens is 451 g/mol. The van der Waals surface area contributed by atoms with Gasteiger partial charge in [0.25, 0.3) is 5.56 Å². The minimum Gasteiger partial charge on any atom is -0.335 e. The first-order valence-corrected chi connectivity index (χ1v) is 8.90. The van der Waals surface area contributed by atoms with Crippen LogP contribution in [0.5, 0.6) is 0 Å². The van der Waals surface area contributed by atoms with Crippen molar-refractivity contribution in [1.29, 1.82) is 0 Å². The average molecular weight is 463 g/mol. The number of halogens is 2. The number of rotatable bonds is 2. The van der Waals surface area contributed by atoms with Crippen LogP contribution in [0.3, 0.4) is 0 Å². The molecule has 0 aliphatic rings. The Morgan fingerprint density at radius 3 is 2.40 bits per heavy atom. The minimum absolute atomic E-state index is 0.292. The summed E-state index contributed by atoms with van der Waals surface area (Å²) < 4.78 is 4.03. The molecule has 0 spiro atoms. The van der Waals surface area contributed by atoms with Gasteiger partial charge in [0.1, 0.15) is 6.33 Å². The SMILES string of the molecule is Nn1cnc2c(c(-c3ccc(Cl)cc3)cn2-c2ccc(I)cc2)c1=O. The minimum atomic E-state index is -0.292. The van der Waals surface area contributed by atoms with E-state index in [1.54, 1.807) is 12.1 Å². The Balaban J connectivity index is 2.06. The van der Waals surface area contributed by atoms with Crippen molar-refractivity contribution in [3.8, 4) is 16.8 Å². The molecule has 124 valence electrons. The molecule has 0 aliphatic heterocycles. The van der Waals surface area contributed by atoms with Crippen molar-refractivity contribution >= 4 is 45.2 Å². The van der Waals surface area contributed by atoms with Gasteiger partial charge in [0, 0.05) is 26.0 Å². The Morgan fingerprint density at radius 1 is 1.04 bits per heavy atom. The third kappa shape index (κ3) is 2.81. The standard InChI is InChI=1S/C18H12ClIN4O/c19-12-3-1-11(2-4-12)15-9-23(14-7-5-13(20)6-8-14)17-16(15)18(25)24(21)10-22-17/h1-10H,21H2. The molecule has 0 saturated heterocycles. The number of nitrogens with zero attached hydrogens (tertiary/aromatic N) is 3. The van der Waals surface area contributed by atoms with Crippen molar-refractivity contribution in [3.05, 3.63) is 80.0 Å². The summed E-state index contributed by atoms with van der Waals surface area (Å²) in [7, 11) is 0. The number of aromatic nitrogens is 3. The fourth-order valence-electron chi connectivity index (χ4n) is 2.78. The van der Waals surface area contributed by atoms with Gasteiger partial charge in [0.2, 0.25) is 0 Å². The smallest absolute Gasteiger partial charge is 0.281 e. The molecule has 2 heterocycles. The first kappa shape index (κ1) is 16.2. The maximum Gasteiger partial charge on any atom is 0.281 e. The summed E-state index contributed by atoms with van der Waals surface area (Å²) in [6, 6.07) is 15.3. The number of hydrogen-bond donors (Lipinski definition) is 1. The van der Waals surface area contributed by atoms with Crippen LogP contribution in [0, 0.1) is 3.57 Å². The van der Waals surface area contributed by atoms with Crippen LogP contribution in [0.1, 0.15) is 0 Å². The fourth-order valence-corrected chi connectivity index (χ4v) is 3.26. The average Bonchev–Trinajstić information content (AvgIpc) is 3.00. The van der Waals surface area contributed by atoms with Gasteiger partial charge in [-0.3, -0.25) is 4.79 Å². The molecule has 0 atom stereocenters. The highest BCUT2D eigenvalue weighted by Gasteiger charge is 2.17. The lowest BCUT2D eigenvalue weighted by molar-refractivity contribution is 0.905. The van der Waals surface area contributed by atoms with Crippen LogP contribution < -0.4 is 11.4 Å². The van der Waals surface area contributed by atoms with Crippen molar-refractivity contribution < 1.29 is 0 Å². The van der Waals surface area contributed by atoms with Crippen molar-refractivity contribution in [3.63, 3.8) is 0 Å². The van der Waals surface area contributed by atoms with Crippen LogP contribution >= 0.6 is 34.2 Å². The second-order valence-electron chi connectivity index (χ2n) is 5.55. The summed E-state index contributed by atoms with van der Waals surface area (Å²) in [4.78, 5) is 17.0. The monoisotopic (exact) mass is 462 g/mol. The lowest BCUT2D eigenvalue weighted by atomic mass is 10.1. The quantitative estimate of drug-likeness (QED) is 0.364. The highest BCUT2D eigenvalue weighted by molar-refractivity contribution is 14.1. The number of benzene rings is 2. The van der Waals surface area contributed by atoms with Gasteiger partial charge in [-0.1, -0.05) is 23.7 Å². The molecule has 4 rings (SSSR count). The Hall–Kier alpha value is -2.32. The van der Waals surface area contributed by atoms with Crippen molar-refractivity contribution in [2.24, 2.45) is 0 Å². The molecule has 2 N–H and O–H groups in total. The Labute approximate surface area is 161 Å². The van der Waals surface area contributed by atoms with Crippen LogP contribution in [0.4, 0.5) is 0 Å². The molecule has 0 fully saturated rings. The van der Waals surface area contributed by atoms with E-state index in [2.05, 4.69) is 27.6 Å². The summed E-state index contributed by atoms with van der Waals surface area (Å²) in [5, 5.41) is 1.12. The topological polar surface area (TPSA) is 65.8 Å². The summed E-state index contributed by atoms with van der Waals surface area (Å²) in [5.74, 6) is 5.74. The molecule has 25 heavy (non-hydrogen) atoms. The fraction of sp³-hybridized carbons (Fsp3) is 0. The Kier molecular flexibility index (Phi) is 4.01. The van der Waals surface area contributed by atoms with E-state index in [4.69, 9.17) is 17.4 Å². The zero-order valence-electron chi connectivity index (χ0n) is 12.9. The lowest BCUT2D eigenvalue weighted by Gasteiger charge is -2.04. The Morgan fingerprint density at radius 2 is 1.72 bits per heavy atom. The second-order valence-corrected chi connectivity index (χ2v) is 7.23. The van der Waals surface area contributed by atoms with E-state index >= 15 is 0 Å². The summed E-state index contributed by atoms with van der Waals surface area (Å²) in [6.45, 7) is 0. The molecule has 0 bridgehead atoms. The van der Waals surface area contributed by atoms with Gasteiger partial charge in [-0.2, -0.15) is 0 Å². The van der Waals surface area contributed by atoms with Gasteiger partial charge < -0.3 is 10.4 Å². The first-order valence-electron chi connectivity index (χ1n) is 7.44. The van der Waals surface area contributed by atoms with Gasteiger partial charge in [-0.15, -0.1) is 0 Å². The highest BCUT2D eigenvalue weighted by Crippen LogP contribution is 2.30. The van der Waals surface area contributed by atoms with Crippen molar-refractivity contribution in [2.45, 2.75) is 0 Å². The number of fused-ring (bicyclic) bond motifs is 1. The molecule has 0 unspecified atom stereocenters. The Bertz CT molecular complexity index is 1130. The molecule has 0 amide bonds. The molecule has 2 aromatic heterocycles. The normalized spacial score (nSPS) is 11.1. The van der Waals surface area contributed by atoms with E-state index in [0.717, 1.165) is 25.1 Å². The predicted molar refractivity (Wildman–Crippen MR) is 109 cm³/mol. The van der Waals surface area contributed by atoms with E-state index in [0.29, 0.717) is 16.1 Å². The maximum atomic E-state index is 12.6. The zero-order chi connectivity index (χ0) is 17.6. The van der Waals surface area contributed by atoms with E-state index < -0.39 is 0 Å². The zero-order valence-corrected chi connectivity index (χ0v) is 15.8. The molecule has 4 aromatic rings. The number of nitrogens with two attached hydrogens (primary N) is 1. The molecule has 0 radical (unpaired) electrons. The van der Waals surface area contributed by atoms with Gasteiger partial charge in [0.15, 0.2) is 5.65 Å². The third-order valence-electron chi connectivity index (χ3n) is 3.99. The largest absolute Gasteiger partial charge is 0.335 e. The summed E-state index contributed by atoms with van der Waals surface area (Å²) in [5.41, 5.74) is 2.84. The number of nitrogen functional groups attached to an aromatic ring is 1. The predicted octanol–water partition coefficient (Wildman–Crippen LogP) is 3.83. The van der Waals surface area contributed by atoms with Gasteiger partial charge >= 0.3 is 0 Å². The molecule has 5 nitrogen and oxygen atoms in total. The highest BCUT2D eigenvalue weighted by atomic mass is 127. The lowest BCUT2D eigenvalue weighted by Crippen LogP contribution is -2.27. The molecule has 2 aromatic carbocycles. The second kappa shape index (κ2) is 6.20. The van der Waals surface area contributed by atoms with E-state index in [-0.39, 0.29) is 5.56 Å². The summed E-state index contributed by atoms with van der Waals surface area (Å²) >= 11 is 8.24. The van der Waals surface area contributed by atoms with Crippen LogP contribution in [-0.4, -0.2) is 14.2 Å². The van der Waals surface area contributed by atoms with Crippen LogP contribution in [-0.2, 0) is 0 Å². The maximum absolute atomic E-state index is 12.6. The molecular formula is C18H12ClIN4O. The first-order chi connectivity index (χ1) is 12.0. The molecule has 7 heteroatoms. The molecule has 0 saturated carbocycles. The van der Waals surface area contributed by atoms with Crippen LogP contribution in [0.2, 0.25) is 5.02 Å². The van der Waals surface area contributed by atoms with E-state index in [1.807, 2.05) is 47.2 Å². The van der Waals surface area contributed by atoms with Crippen molar-refractivity contribution in [1.82, 2.24) is 14.2 Å². The summed E-state index contributed by atoms with van der Waals surface area (Å²) in [6.07, 6.45) is 3.24. The van der Waals surface area contributed by atoms with Crippen LogP contribution in [0.15, 0.2) is 65.8 Å².